The molecule has 39 heavy (non-hydrogen) atoms. The molecule has 3 atom stereocenters. The fourth-order valence-corrected chi connectivity index (χ4v) is 5.87. The summed E-state index contributed by atoms with van der Waals surface area (Å²) in [6.07, 6.45) is -5.40. The number of halogens is 4. The van der Waals surface area contributed by atoms with Crippen LogP contribution in [-0.2, 0) is 16.6 Å². The topological polar surface area (TPSA) is 45.2 Å². The highest BCUT2D eigenvalue weighted by Gasteiger charge is 2.45. The van der Waals surface area contributed by atoms with Gasteiger partial charge < -0.3 is 24.4 Å². The third-order valence-corrected chi connectivity index (χ3v) is 7.47. The molecule has 0 saturated carbocycles. The molecule has 0 aliphatic carbocycles. The molecule has 0 amide bonds. The smallest absolute Gasteiger partial charge is 0.406 e. The summed E-state index contributed by atoms with van der Waals surface area (Å²) in [6, 6.07) is 21.9. The second-order valence-corrected chi connectivity index (χ2v) is 10.3. The van der Waals surface area contributed by atoms with Crippen molar-refractivity contribution in [1.82, 2.24) is 0 Å². The summed E-state index contributed by atoms with van der Waals surface area (Å²) in [5.74, 6) is -0.296. The van der Waals surface area contributed by atoms with Gasteiger partial charge in [-0.3, -0.25) is 0 Å². The number of aliphatic hydroxyl groups excluding tert-OH is 1. The quantitative estimate of drug-likeness (QED) is 0.380. The van der Waals surface area contributed by atoms with Crippen LogP contribution in [0.15, 0.2) is 72.8 Å². The van der Waals surface area contributed by atoms with Crippen molar-refractivity contribution in [2.75, 3.05) is 49.3 Å². The van der Waals surface area contributed by atoms with Crippen LogP contribution in [0.2, 0.25) is 0 Å². The maximum atomic E-state index is 13.3. The van der Waals surface area contributed by atoms with Crippen LogP contribution in [0.4, 0.5) is 28.9 Å². The Morgan fingerprint density at radius 1 is 1.08 bits per heavy atom. The Hall–Kier alpha value is -3.30. The van der Waals surface area contributed by atoms with Crippen LogP contribution in [0, 0.1) is 0 Å². The van der Waals surface area contributed by atoms with E-state index in [9.17, 15) is 22.7 Å². The van der Waals surface area contributed by atoms with Gasteiger partial charge in [0.15, 0.2) is 0 Å². The van der Waals surface area contributed by atoms with Crippen LogP contribution in [0.1, 0.15) is 23.6 Å². The lowest BCUT2D eigenvalue weighted by molar-refractivity contribution is -0.274. The Bertz CT molecular complexity index is 1290. The number of aliphatic hydroxyl groups is 1. The van der Waals surface area contributed by atoms with E-state index in [1.165, 1.54) is 12.1 Å². The zero-order valence-corrected chi connectivity index (χ0v) is 21.7. The standard InChI is InChI=1S/C30H32F4N2O3/c1-21-18-35(12-13-38-21)24-8-4-6-22(14-24)16-29(23-7-5-9-26(15-23)39-30(32,33)34)20-36(19-25(37)17-31)28-11-3-2-10-27(28)29/h2-11,14-15,21,25,37H,12-13,16-20H2,1H3/t21-,25+,29?/m1/s1. The molecular formula is C30H32F4N2O3. The van der Waals surface area contributed by atoms with Crippen LogP contribution in [0.5, 0.6) is 5.75 Å². The predicted molar refractivity (Wildman–Crippen MR) is 142 cm³/mol. The van der Waals surface area contributed by atoms with Crippen LogP contribution in [0.25, 0.3) is 0 Å². The molecule has 2 aliphatic rings. The Morgan fingerprint density at radius 2 is 1.87 bits per heavy atom. The molecule has 0 bridgehead atoms. The maximum Gasteiger partial charge on any atom is 0.573 e. The number of ether oxygens (including phenoxy) is 2. The van der Waals surface area contributed by atoms with E-state index in [2.05, 4.69) is 21.8 Å². The van der Waals surface area contributed by atoms with Gasteiger partial charge >= 0.3 is 6.36 Å². The molecule has 1 unspecified atom stereocenters. The number of hydrogen-bond acceptors (Lipinski definition) is 5. The summed E-state index contributed by atoms with van der Waals surface area (Å²) >= 11 is 0. The number of hydrogen-bond donors (Lipinski definition) is 1. The normalized spacial score (nSPS) is 22.1. The van der Waals surface area contributed by atoms with E-state index in [1.807, 2.05) is 54.3 Å². The lowest BCUT2D eigenvalue weighted by Crippen LogP contribution is -2.41. The van der Waals surface area contributed by atoms with Gasteiger partial charge in [0.2, 0.25) is 0 Å². The number of para-hydroxylation sites is 1. The van der Waals surface area contributed by atoms with E-state index in [4.69, 9.17) is 4.74 Å². The largest absolute Gasteiger partial charge is 0.573 e. The van der Waals surface area contributed by atoms with Crippen molar-refractivity contribution in [2.24, 2.45) is 0 Å². The summed E-state index contributed by atoms with van der Waals surface area (Å²) in [4.78, 5) is 4.19. The van der Waals surface area contributed by atoms with E-state index in [-0.39, 0.29) is 18.4 Å². The molecule has 0 radical (unpaired) electrons. The third-order valence-electron chi connectivity index (χ3n) is 7.47. The van der Waals surface area contributed by atoms with E-state index >= 15 is 0 Å². The van der Waals surface area contributed by atoms with Gasteiger partial charge in [-0.2, -0.15) is 0 Å². The highest BCUT2D eigenvalue weighted by molar-refractivity contribution is 5.67. The first-order valence-corrected chi connectivity index (χ1v) is 13.1. The summed E-state index contributed by atoms with van der Waals surface area (Å²) in [5.41, 5.74) is 3.68. The van der Waals surface area contributed by atoms with Gasteiger partial charge in [0, 0.05) is 43.0 Å². The Morgan fingerprint density at radius 3 is 2.64 bits per heavy atom. The second kappa shape index (κ2) is 11.1. The molecule has 3 aromatic rings. The molecular weight excluding hydrogens is 512 g/mol. The Balaban J connectivity index is 1.58. The lowest BCUT2D eigenvalue weighted by Gasteiger charge is -2.35. The molecule has 9 heteroatoms. The fourth-order valence-electron chi connectivity index (χ4n) is 5.87. The number of nitrogens with zero attached hydrogens (tertiary/aromatic N) is 2. The second-order valence-electron chi connectivity index (χ2n) is 10.3. The van der Waals surface area contributed by atoms with Crippen molar-refractivity contribution in [2.45, 2.75) is 37.3 Å². The first-order valence-electron chi connectivity index (χ1n) is 13.1. The van der Waals surface area contributed by atoms with Crippen LogP contribution >= 0.6 is 0 Å². The van der Waals surface area contributed by atoms with Gasteiger partial charge in [-0.25, -0.2) is 4.39 Å². The van der Waals surface area contributed by atoms with E-state index in [0.717, 1.165) is 35.6 Å². The average molecular weight is 545 g/mol. The minimum absolute atomic E-state index is 0.0692. The zero-order chi connectivity index (χ0) is 27.6. The minimum Gasteiger partial charge on any atom is -0.406 e. The molecule has 0 spiro atoms. The average Bonchev–Trinajstić information content (AvgIpc) is 3.22. The molecule has 1 N–H and O–H groups in total. The number of anilines is 2. The van der Waals surface area contributed by atoms with Crippen molar-refractivity contribution < 1.29 is 32.1 Å². The summed E-state index contributed by atoms with van der Waals surface area (Å²) in [7, 11) is 0. The highest BCUT2D eigenvalue weighted by atomic mass is 19.4. The lowest BCUT2D eigenvalue weighted by atomic mass is 9.71. The number of fused-ring (bicyclic) bond motifs is 1. The summed E-state index contributed by atoms with van der Waals surface area (Å²) in [5, 5.41) is 10.2. The van der Waals surface area contributed by atoms with Crippen molar-refractivity contribution in [3.8, 4) is 5.75 Å². The van der Waals surface area contributed by atoms with Crippen LogP contribution in [0.3, 0.4) is 0 Å². The predicted octanol–water partition coefficient (Wildman–Crippen LogP) is 5.49. The maximum absolute atomic E-state index is 13.3. The van der Waals surface area contributed by atoms with Crippen molar-refractivity contribution in [3.05, 3.63) is 89.5 Å². The third kappa shape index (κ3) is 5.99. The number of rotatable bonds is 8. The SMILES string of the molecule is C[C@@H]1CN(c2cccc(CC3(c4cccc(OC(F)(F)F)c4)CN(C[C@@H](O)CF)c4ccccc43)c2)CCO1. The monoisotopic (exact) mass is 544 g/mol. The Kier molecular flexibility index (Phi) is 7.73. The molecule has 1 fully saturated rings. The molecule has 2 heterocycles. The van der Waals surface area contributed by atoms with Gasteiger partial charge in [0.25, 0.3) is 0 Å². The van der Waals surface area contributed by atoms with E-state index in [0.29, 0.717) is 25.1 Å². The number of benzene rings is 3. The molecule has 5 nitrogen and oxygen atoms in total. The van der Waals surface area contributed by atoms with Crippen molar-refractivity contribution in [1.29, 1.82) is 0 Å². The first kappa shape index (κ1) is 27.3. The van der Waals surface area contributed by atoms with Gasteiger partial charge in [-0.1, -0.05) is 42.5 Å². The molecule has 3 aromatic carbocycles. The Labute approximate surface area is 225 Å². The summed E-state index contributed by atoms with van der Waals surface area (Å²) in [6.45, 7) is 3.76. The number of morpholine rings is 1. The van der Waals surface area contributed by atoms with Gasteiger partial charge in [-0.15, -0.1) is 13.2 Å². The summed E-state index contributed by atoms with van der Waals surface area (Å²) < 4.78 is 62.6. The zero-order valence-electron chi connectivity index (χ0n) is 21.7. The van der Waals surface area contributed by atoms with Crippen LogP contribution in [-0.4, -0.2) is 63.1 Å². The molecule has 5 rings (SSSR count). The van der Waals surface area contributed by atoms with Crippen molar-refractivity contribution in [3.63, 3.8) is 0 Å². The fraction of sp³-hybridized carbons (Fsp3) is 0.400. The number of alkyl halides is 4. The van der Waals surface area contributed by atoms with Gasteiger partial charge in [0.05, 0.1) is 18.8 Å². The minimum atomic E-state index is -4.82. The van der Waals surface area contributed by atoms with Crippen molar-refractivity contribution >= 4 is 11.4 Å². The highest BCUT2D eigenvalue weighted by Crippen LogP contribution is 2.48. The molecule has 2 aliphatic heterocycles. The molecule has 208 valence electrons. The van der Waals surface area contributed by atoms with Gasteiger partial charge in [0.1, 0.15) is 12.4 Å². The van der Waals surface area contributed by atoms with E-state index in [1.54, 1.807) is 6.07 Å². The number of β-amino-alcohol motifs (C(OH)–C–C–N with tert-alkyl or cyclic N) is 1. The first-order chi connectivity index (χ1) is 18.7. The van der Waals surface area contributed by atoms with Gasteiger partial charge in [-0.05, 0) is 60.4 Å². The molecule has 0 aromatic heterocycles. The molecule has 1 saturated heterocycles. The van der Waals surface area contributed by atoms with Crippen LogP contribution < -0.4 is 14.5 Å². The van der Waals surface area contributed by atoms with E-state index < -0.39 is 24.6 Å².